The van der Waals surface area contributed by atoms with Crippen molar-refractivity contribution in [3.63, 3.8) is 0 Å². The second-order valence-corrected chi connectivity index (χ2v) is 7.01. The Morgan fingerprint density at radius 3 is 2.56 bits per heavy atom. The van der Waals surface area contributed by atoms with Gasteiger partial charge in [-0.3, -0.25) is 0 Å². The van der Waals surface area contributed by atoms with Crippen molar-refractivity contribution in [2.24, 2.45) is 5.73 Å². The Bertz CT molecular complexity index is 987. The lowest BCUT2D eigenvalue weighted by atomic mass is 9.88. The van der Waals surface area contributed by atoms with Crippen LogP contribution in [-0.2, 0) is 4.74 Å². The summed E-state index contributed by atoms with van der Waals surface area (Å²) in [7, 11) is 4.39. The van der Waals surface area contributed by atoms with Crippen molar-refractivity contribution in [1.29, 1.82) is 5.26 Å². The summed E-state index contributed by atoms with van der Waals surface area (Å²) in [4.78, 5) is 13.6. The molecule has 1 aromatic heterocycles. The lowest BCUT2D eigenvalue weighted by Crippen LogP contribution is -2.21. The van der Waals surface area contributed by atoms with Crippen LogP contribution >= 0.6 is 11.3 Å². The number of allylic oxidation sites excluding steroid dienone is 1. The van der Waals surface area contributed by atoms with Gasteiger partial charge in [-0.15, -0.1) is 11.3 Å². The van der Waals surface area contributed by atoms with Crippen molar-refractivity contribution in [2.75, 3.05) is 21.3 Å². The molecule has 0 spiro atoms. The summed E-state index contributed by atoms with van der Waals surface area (Å²) in [5, 5.41) is 9.67. The molecule has 140 valence electrons. The topological polar surface area (TPSA) is 104 Å². The molecule has 3 rings (SSSR count). The molecule has 1 aromatic carbocycles. The number of nitrogens with two attached hydrogens (primary N) is 1. The first kappa shape index (κ1) is 18.6. The van der Waals surface area contributed by atoms with E-state index in [1.165, 1.54) is 25.6 Å². The molecule has 7 nitrogen and oxygen atoms in total. The predicted molar refractivity (Wildman–Crippen MR) is 99.2 cm³/mol. The van der Waals surface area contributed by atoms with Crippen LogP contribution < -0.4 is 19.9 Å². The van der Waals surface area contributed by atoms with Crippen LogP contribution in [0.2, 0.25) is 0 Å². The zero-order valence-corrected chi connectivity index (χ0v) is 16.1. The van der Waals surface area contributed by atoms with Crippen molar-refractivity contribution >= 4 is 17.3 Å². The number of nitrogens with zero attached hydrogens (tertiary/aromatic N) is 1. The van der Waals surface area contributed by atoms with Gasteiger partial charge in [-0.2, -0.15) is 5.26 Å². The van der Waals surface area contributed by atoms with Crippen LogP contribution in [0.3, 0.4) is 0 Å². The van der Waals surface area contributed by atoms with Gasteiger partial charge >= 0.3 is 5.97 Å². The maximum Gasteiger partial charge on any atom is 0.342 e. The number of rotatable bonds is 4. The van der Waals surface area contributed by atoms with Crippen LogP contribution in [0.25, 0.3) is 0 Å². The van der Waals surface area contributed by atoms with Gasteiger partial charge in [0.25, 0.3) is 0 Å². The van der Waals surface area contributed by atoms with E-state index in [-0.39, 0.29) is 11.5 Å². The number of esters is 1. The number of benzene rings is 1. The van der Waals surface area contributed by atoms with Gasteiger partial charge < -0.3 is 24.7 Å². The minimum absolute atomic E-state index is 0.0345. The fourth-order valence-corrected chi connectivity index (χ4v) is 4.30. The van der Waals surface area contributed by atoms with Gasteiger partial charge in [-0.05, 0) is 24.6 Å². The molecule has 1 atom stereocenters. The lowest BCUT2D eigenvalue weighted by Gasteiger charge is -2.24. The molecule has 0 radical (unpaired) electrons. The van der Waals surface area contributed by atoms with Crippen LogP contribution in [-0.4, -0.2) is 27.3 Å². The highest BCUT2D eigenvalue weighted by Crippen LogP contribution is 2.50. The van der Waals surface area contributed by atoms with Gasteiger partial charge in [0.2, 0.25) is 5.88 Å². The number of fused-ring (bicyclic) bond motifs is 1. The van der Waals surface area contributed by atoms with Crippen LogP contribution in [0.4, 0.5) is 0 Å². The number of carbonyl (C=O) groups excluding carboxylic acids is 1. The zero-order valence-electron chi connectivity index (χ0n) is 15.3. The molecule has 1 aliphatic rings. The molecule has 0 unspecified atom stereocenters. The Hall–Kier alpha value is -3.18. The Balaban J connectivity index is 2.24. The summed E-state index contributed by atoms with van der Waals surface area (Å²) in [6.45, 7) is 1.80. The molecule has 0 saturated heterocycles. The summed E-state index contributed by atoms with van der Waals surface area (Å²) < 4.78 is 21.2. The van der Waals surface area contributed by atoms with E-state index >= 15 is 0 Å². The SMILES string of the molecule is COC(=O)c1c(C)sc2c1OC(N)=C(C#N)[C@@H]2c1ccc(OC)c(OC)c1. The third kappa shape index (κ3) is 2.96. The first-order valence-corrected chi connectivity index (χ1v) is 8.79. The summed E-state index contributed by atoms with van der Waals surface area (Å²) in [5.74, 6) is 0.403. The van der Waals surface area contributed by atoms with Gasteiger partial charge in [0, 0.05) is 4.88 Å². The number of ether oxygens (including phenoxy) is 4. The van der Waals surface area contributed by atoms with Gasteiger partial charge in [-0.1, -0.05) is 6.07 Å². The maximum absolute atomic E-state index is 12.2. The molecular weight excluding hydrogens is 368 g/mol. The molecule has 0 amide bonds. The number of thiophene rings is 1. The molecule has 0 saturated carbocycles. The van der Waals surface area contributed by atoms with Crippen molar-refractivity contribution in [3.05, 3.63) is 50.5 Å². The van der Waals surface area contributed by atoms with E-state index in [4.69, 9.17) is 24.7 Å². The molecule has 1 aliphatic heterocycles. The third-order valence-corrected chi connectivity index (χ3v) is 5.50. The van der Waals surface area contributed by atoms with Gasteiger partial charge in [0.05, 0.1) is 32.1 Å². The van der Waals surface area contributed by atoms with Crippen LogP contribution in [0.5, 0.6) is 17.2 Å². The first-order valence-electron chi connectivity index (χ1n) is 7.97. The fourth-order valence-electron chi connectivity index (χ4n) is 3.08. The Morgan fingerprint density at radius 1 is 1.26 bits per heavy atom. The molecule has 0 fully saturated rings. The van der Waals surface area contributed by atoms with Crippen LogP contribution in [0.15, 0.2) is 29.7 Å². The molecule has 8 heteroatoms. The fraction of sp³-hybridized carbons (Fsp3) is 0.263. The van der Waals surface area contributed by atoms with E-state index < -0.39 is 11.9 Å². The van der Waals surface area contributed by atoms with Crippen molar-refractivity contribution in [1.82, 2.24) is 0 Å². The molecule has 2 aromatic rings. The molecule has 0 aliphatic carbocycles. The Labute approximate surface area is 160 Å². The normalized spacial score (nSPS) is 15.4. The van der Waals surface area contributed by atoms with E-state index in [0.717, 1.165) is 10.4 Å². The number of hydrogen-bond donors (Lipinski definition) is 1. The third-order valence-electron chi connectivity index (χ3n) is 4.35. The minimum atomic E-state index is -0.510. The molecule has 27 heavy (non-hydrogen) atoms. The Morgan fingerprint density at radius 2 is 1.96 bits per heavy atom. The summed E-state index contributed by atoms with van der Waals surface area (Å²) in [6.07, 6.45) is 0. The van der Waals surface area contributed by atoms with Gasteiger partial charge in [-0.25, -0.2) is 4.79 Å². The Kier molecular flexibility index (Phi) is 4.97. The average molecular weight is 386 g/mol. The highest BCUT2D eigenvalue weighted by atomic mass is 32.1. The van der Waals surface area contributed by atoms with E-state index in [1.54, 1.807) is 26.2 Å². The van der Waals surface area contributed by atoms with E-state index in [2.05, 4.69) is 6.07 Å². The quantitative estimate of drug-likeness (QED) is 0.805. The van der Waals surface area contributed by atoms with Crippen LogP contribution in [0.1, 0.15) is 31.6 Å². The second-order valence-electron chi connectivity index (χ2n) is 5.76. The first-order chi connectivity index (χ1) is 13.0. The smallest absolute Gasteiger partial charge is 0.342 e. The largest absolute Gasteiger partial charge is 0.493 e. The monoisotopic (exact) mass is 386 g/mol. The summed E-state index contributed by atoms with van der Waals surface area (Å²) in [6, 6.07) is 7.51. The minimum Gasteiger partial charge on any atom is -0.493 e. The number of aryl methyl sites for hydroxylation is 1. The van der Waals surface area contributed by atoms with Gasteiger partial charge in [0.1, 0.15) is 17.2 Å². The lowest BCUT2D eigenvalue weighted by molar-refractivity contribution is 0.0597. The number of carbonyl (C=O) groups is 1. The van der Waals surface area contributed by atoms with Gasteiger partial charge in [0.15, 0.2) is 17.2 Å². The van der Waals surface area contributed by atoms with Crippen molar-refractivity contribution in [2.45, 2.75) is 12.8 Å². The molecule has 2 heterocycles. The van der Waals surface area contributed by atoms with E-state index in [9.17, 15) is 10.1 Å². The van der Waals surface area contributed by atoms with E-state index in [1.807, 2.05) is 6.07 Å². The average Bonchev–Trinajstić information content (AvgIpc) is 3.00. The number of hydrogen-bond acceptors (Lipinski definition) is 8. The number of methoxy groups -OCH3 is 3. The second kappa shape index (κ2) is 7.21. The highest BCUT2D eigenvalue weighted by molar-refractivity contribution is 7.12. The standard InChI is InChI=1S/C19H18N2O5S/c1-9-14(19(22)25-4)16-17(27-9)15(11(8-20)18(21)26-16)10-5-6-12(23-2)13(7-10)24-3/h5-7,15H,21H2,1-4H3/t15-/m0/s1. The maximum atomic E-state index is 12.2. The molecular formula is C19H18N2O5S. The predicted octanol–water partition coefficient (Wildman–Crippen LogP) is 3.08. The summed E-state index contributed by atoms with van der Waals surface area (Å²) >= 11 is 1.37. The number of nitriles is 1. The summed E-state index contributed by atoms with van der Waals surface area (Å²) in [5.41, 5.74) is 7.38. The molecule has 0 bridgehead atoms. The van der Waals surface area contributed by atoms with Crippen molar-refractivity contribution in [3.8, 4) is 23.3 Å². The zero-order chi connectivity index (χ0) is 19.7. The van der Waals surface area contributed by atoms with E-state index in [0.29, 0.717) is 27.7 Å². The highest BCUT2D eigenvalue weighted by Gasteiger charge is 2.37. The van der Waals surface area contributed by atoms with Crippen LogP contribution in [0, 0.1) is 18.3 Å². The molecule has 2 N–H and O–H groups in total. The van der Waals surface area contributed by atoms with Crippen molar-refractivity contribution < 1.29 is 23.7 Å².